The highest BCUT2D eigenvalue weighted by Crippen LogP contribution is 2.23. The summed E-state index contributed by atoms with van der Waals surface area (Å²) in [7, 11) is 0. The Morgan fingerprint density at radius 3 is 2.82 bits per heavy atom. The molecule has 0 aliphatic heterocycles. The van der Waals surface area contributed by atoms with E-state index in [4.69, 9.17) is 4.42 Å². The van der Waals surface area contributed by atoms with Crippen molar-refractivity contribution in [1.29, 1.82) is 0 Å². The van der Waals surface area contributed by atoms with Gasteiger partial charge in [-0.25, -0.2) is 4.68 Å². The normalized spacial score (nSPS) is 12.5. The predicted octanol–water partition coefficient (Wildman–Crippen LogP) is 2.45. The topological polar surface area (TPSA) is 77.0 Å². The highest BCUT2D eigenvalue weighted by Gasteiger charge is 2.13. The predicted molar refractivity (Wildman–Crippen MR) is 82.5 cm³/mol. The fraction of sp³-hybridized carbons (Fsp3) is 0.267. The maximum absolute atomic E-state index is 10.2. The summed E-state index contributed by atoms with van der Waals surface area (Å²) in [5, 5.41) is 22.5. The maximum atomic E-state index is 10.2. The van der Waals surface area contributed by atoms with Crippen LogP contribution in [0.15, 0.2) is 52.2 Å². The molecule has 6 nitrogen and oxygen atoms in total. The van der Waals surface area contributed by atoms with Crippen LogP contribution in [0.2, 0.25) is 0 Å². The number of thioether (sulfide) groups is 1. The lowest BCUT2D eigenvalue weighted by molar-refractivity contribution is 0.204. The van der Waals surface area contributed by atoms with Crippen LogP contribution < -0.4 is 0 Å². The SMILES string of the molecule is Cc1ccc(C(O)CSc2nnnn2Cc2ccco2)cc1. The number of benzene rings is 1. The molecular formula is C15H16N4O2S. The van der Waals surface area contributed by atoms with E-state index in [1.54, 1.807) is 10.9 Å². The molecule has 2 heterocycles. The highest BCUT2D eigenvalue weighted by molar-refractivity contribution is 7.99. The zero-order chi connectivity index (χ0) is 15.4. The van der Waals surface area contributed by atoms with Crippen molar-refractivity contribution < 1.29 is 9.52 Å². The standard InChI is InChI=1S/C15H16N4O2S/c1-11-4-6-12(7-5-11)14(20)10-22-15-16-17-18-19(15)9-13-3-2-8-21-13/h2-8,14,20H,9-10H2,1H3. The van der Waals surface area contributed by atoms with Gasteiger partial charge in [-0.3, -0.25) is 0 Å². The second kappa shape index (κ2) is 6.76. The molecule has 2 aromatic heterocycles. The molecule has 1 N–H and O–H groups in total. The summed E-state index contributed by atoms with van der Waals surface area (Å²) in [6.45, 7) is 2.50. The minimum absolute atomic E-state index is 0.475. The average Bonchev–Trinajstić information content (AvgIpc) is 3.18. The van der Waals surface area contributed by atoms with Crippen molar-refractivity contribution in [2.45, 2.75) is 24.7 Å². The van der Waals surface area contributed by atoms with Gasteiger partial charge in [-0.05, 0) is 35.0 Å². The number of rotatable bonds is 6. The van der Waals surface area contributed by atoms with Crippen molar-refractivity contribution in [2.24, 2.45) is 0 Å². The molecule has 0 spiro atoms. The number of aliphatic hydroxyl groups is 1. The Balaban J connectivity index is 1.62. The van der Waals surface area contributed by atoms with Gasteiger partial charge in [0.2, 0.25) is 5.16 Å². The van der Waals surface area contributed by atoms with Gasteiger partial charge >= 0.3 is 0 Å². The first-order valence-electron chi connectivity index (χ1n) is 6.88. The molecule has 0 aliphatic carbocycles. The van der Waals surface area contributed by atoms with E-state index in [0.29, 0.717) is 17.5 Å². The Bertz CT molecular complexity index is 709. The van der Waals surface area contributed by atoms with E-state index in [-0.39, 0.29) is 0 Å². The van der Waals surface area contributed by atoms with Gasteiger partial charge in [-0.15, -0.1) is 5.10 Å². The molecule has 3 aromatic rings. The molecule has 3 rings (SSSR count). The van der Waals surface area contributed by atoms with Crippen LogP contribution in [0.25, 0.3) is 0 Å². The first-order chi connectivity index (χ1) is 10.7. The zero-order valence-corrected chi connectivity index (χ0v) is 12.9. The molecule has 0 saturated heterocycles. The maximum Gasteiger partial charge on any atom is 0.209 e. The molecule has 0 saturated carbocycles. The van der Waals surface area contributed by atoms with Crippen LogP contribution in [-0.2, 0) is 6.54 Å². The molecule has 0 radical (unpaired) electrons. The van der Waals surface area contributed by atoms with Crippen molar-refractivity contribution in [1.82, 2.24) is 20.2 Å². The van der Waals surface area contributed by atoms with Gasteiger partial charge in [0.05, 0.1) is 12.4 Å². The number of aryl methyl sites for hydroxylation is 1. The Kier molecular flexibility index (Phi) is 4.55. The quantitative estimate of drug-likeness (QED) is 0.704. The molecular weight excluding hydrogens is 300 g/mol. The lowest BCUT2D eigenvalue weighted by atomic mass is 10.1. The van der Waals surface area contributed by atoms with Crippen LogP contribution in [0, 0.1) is 6.92 Å². The monoisotopic (exact) mass is 316 g/mol. The van der Waals surface area contributed by atoms with Crippen LogP contribution in [0.1, 0.15) is 23.0 Å². The Morgan fingerprint density at radius 1 is 1.27 bits per heavy atom. The van der Waals surface area contributed by atoms with Gasteiger partial charge in [0, 0.05) is 5.75 Å². The largest absolute Gasteiger partial charge is 0.467 e. The van der Waals surface area contributed by atoms with Gasteiger partial charge < -0.3 is 9.52 Å². The third kappa shape index (κ3) is 3.55. The molecule has 1 aromatic carbocycles. The lowest BCUT2D eigenvalue weighted by Gasteiger charge is -2.10. The number of hydrogen-bond acceptors (Lipinski definition) is 6. The molecule has 0 bridgehead atoms. The van der Waals surface area contributed by atoms with Crippen molar-refractivity contribution in [3.63, 3.8) is 0 Å². The summed E-state index contributed by atoms with van der Waals surface area (Å²) >= 11 is 1.42. The molecule has 114 valence electrons. The first-order valence-corrected chi connectivity index (χ1v) is 7.87. The summed E-state index contributed by atoms with van der Waals surface area (Å²) in [5.74, 6) is 1.27. The molecule has 0 fully saturated rings. The Labute approximate surface area is 132 Å². The molecule has 7 heteroatoms. The smallest absolute Gasteiger partial charge is 0.209 e. The summed E-state index contributed by atoms with van der Waals surface area (Å²) in [6, 6.07) is 11.6. The summed E-state index contributed by atoms with van der Waals surface area (Å²) in [4.78, 5) is 0. The number of hydrogen-bond donors (Lipinski definition) is 1. The van der Waals surface area contributed by atoms with E-state index in [1.807, 2.05) is 43.3 Å². The minimum Gasteiger partial charge on any atom is -0.467 e. The van der Waals surface area contributed by atoms with Gasteiger partial charge in [0.25, 0.3) is 0 Å². The van der Waals surface area contributed by atoms with E-state index >= 15 is 0 Å². The van der Waals surface area contributed by atoms with Crippen molar-refractivity contribution in [3.05, 3.63) is 59.5 Å². The molecule has 1 unspecified atom stereocenters. The molecule has 0 amide bonds. The van der Waals surface area contributed by atoms with Crippen LogP contribution in [0.3, 0.4) is 0 Å². The van der Waals surface area contributed by atoms with E-state index in [9.17, 15) is 5.11 Å². The number of furan rings is 1. The van der Waals surface area contributed by atoms with Crippen LogP contribution in [0.5, 0.6) is 0 Å². The fourth-order valence-corrected chi connectivity index (χ4v) is 2.83. The molecule has 22 heavy (non-hydrogen) atoms. The van der Waals surface area contributed by atoms with Gasteiger partial charge in [-0.1, -0.05) is 41.6 Å². The van der Waals surface area contributed by atoms with E-state index in [0.717, 1.165) is 11.3 Å². The van der Waals surface area contributed by atoms with Gasteiger partial charge in [0.1, 0.15) is 12.3 Å². The second-order valence-corrected chi connectivity index (χ2v) is 5.92. The number of tetrazole rings is 1. The van der Waals surface area contributed by atoms with Crippen LogP contribution >= 0.6 is 11.8 Å². The Morgan fingerprint density at radius 2 is 2.09 bits per heavy atom. The number of nitrogens with zero attached hydrogens (tertiary/aromatic N) is 4. The molecule has 1 atom stereocenters. The highest BCUT2D eigenvalue weighted by atomic mass is 32.2. The number of aliphatic hydroxyl groups excluding tert-OH is 1. The van der Waals surface area contributed by atoms with Crippen molar-refractivity contribution in [2.75, 3.05) is 5.75 Å². The fourth-order valence-electron chi connectivity index (χ4n) is 1.99. The van der Waals surface area contributed by atoms with Crippen molar-refractivity contribution >= 4 is 11.8 Å². The van der Waals surface area contributed by atoms with Gasteiger partial charge in [0.15, 0.2) is 0 Å². The summed E-state index contributed by atoms with van der Waals surface area (Å²) in [6.07, 6.45) is 1.06. The lowest BCUT2D eigenvalue weighted by Crippen LogP contribution is -2.05. The van der Waals surface area contributed by atoms with Crippen molar-refractivity contribution in [3.8, 4) is 0 Å². The number of aromatic nitrogens is 4. The third-order valence-corrected chi connectivity index (χ3v) is 4.25. The minimum atomic E-state index is -0.556. The first kappa shape index (κ1) is 14.8. The average molecular weight is 316 g/mol. The Hall–Kier alpha value is -2.12. The van der Waals surface area contributed by atoms with E-state index in [1.165, 1.54) is 17.3 Å². The van der Waals surface area contributed by atoms with Crippen LogP contribution in [-0.4, -0.2) is 31.1 Å². The molecule has 0 aliphatic rings. The summed E-state index contributed by atoms with van der Waals surface area (Å²) in [5.41, 5.74) is 2.06. The second-order valence-electron chi connectivity index (χ2n) is 4.94. The van der Waals surface area contributed by atoms with E-state index < -0.39 is 6.10 Å². The zero-order valence-electron chi connectivity index (χ0n) is 12.1. The summed E-state index contributed by atoms with van der Waals surface area (Å²) < 4.78 is 6.95. The third-order valence-electron chi connectivity index (χ3n) is 3.22. The van der Waals surface area contributed by atoms with E-state index in [2.05, 4.69) is 15.5 Å². The van der Waals surface area contributed by atoms with Crippen LogP contribution in [0.4, 0.5) is 0 Å². The van der Waals surface area contributed by atoms with Gasteiger partial charge in [-0.2, -0.15) is 0 Å².